The van der Waals surface area contributed by atoms with Crippen LogP contribution in [0.25, 0.3) is 0 Å². The van der Waals surface area contributed by atoms with Crippen LogP contribution >= 0.6 is 0 Å². The lowest BCUT2D eigenvalue weighted by Gasteiger charge is -2.42. The summed E-state index contributed by atoms with van der Waals surface area (Å²) in [6.07, 6.45) is 3.31. The quantitative estimate of drug-likeness (QED) is 0.714. The molecule has 0 amide bonds. The van der Waals surface area contributed by atoms with Gasteiger partial charge < -0.3 is 9.80 Å². The van der Waals surface area contributed by atoms with Crippen molar-refractivity contribution in [3.63, 3.8) is 0 Å². The van der Waals surface area contributed by atoms with Crippen molar-refractivity contribution in [1.82, 2.24) is 18.4 Å². The molecule has 0 aliphatic carbocycles. The highest BCUT2D eigenvalue weighted by Gasteiger charge is 2.44. The van der Waals surface area contributed by atoms with Crippen LogP contribution in [0.2, 0.25) is 0 Å². The van der Waals surface area contributed by atoms with Crippen molar-refractivity contribution >= 4 is 10.2 Å². The Morgan fingerprint density at radius 2 is 1.48 bits per heavy atom. The molecule has 1 unspecified atom stereocenters. The van der Waals surface area contributed by atoms with E-state index in [1.54, 1.807) is 8.61 Å². The highest BCUT2D eigenvalue weighted by molar-refractivity contribution is 7.86. The monoisotopic (exact) mass is 316 g/mol. The van der Waals surface area contributed by atoms with E-state index in [-0.39, 0.29) is 5.41 Å². The van der Waals surface area contributed by atoms with Crippen LogP contribution in [-0.4, -0.2) is 93.3 Å². The predicted octanol–water partition coefficient (Wildman–Crippen LogP) is -0.104. The molecule has 3 aliphatic heterocycles. The first-order chi connectivity index (χ1) is 9.91. The predicted molar refractivity (Wildman–Crippen MR) is 83.3 cm³/mol. The molecular weight excluding hydrogens is 288 g/mol. The standard InChI is InChI=1S/C14H28N4O2S/c1-15-8-10-17(11-9-15)21(19,20)18-6-3-4-14(13-18)5-7-16(2)12-14/h3-13H2,1-2H3. The van der Waals surface area contributed by atoms with Gasteiger partial charge in [0, 0.05) is 45.8 Å². The largest absolute Gasteiger partial charge is 0.306 e. The third-order valence-electron chi connectivity index (χ3n) is 5.37. The number of piperidine rings is 1. The van der Waals surface area contributed by atoms with Crippen molar-refractivity contribution in [1.29, 1.82) is 0 Å². The van der Waals surface area contributed by atoms with Crippen molar-refractivity contribution in [2.45, 2.75) is 19.3 Å². The second kappa shape index (κ2) is 5.77. The van der Waals surface area contributed by atoms with E-state index in [1.165, 1.54) is 6.42 Å². The Balaban J connectivity index is 1.70. The van der Waals surface area contributed by atoms with E-state index in [1.807, 2.05) is 7.05 Å². The van der Waals surface area contributed by atoms with Gasteiger partial charge in [-0.2, -0.15) is 17.0 Å². The molecule has 0 aromatic heterocycles. The lowest BCUT2D eigenvalue weighted by Crippen LogP contribution is -2.55. The Hall–Kier alpha value is -0.210. The van der Waals surface area contributed by atoms with Gasteiger partial charge in [0.25, 0.3) is 10.2 Å². The van der Waals surface area contributed by atoms with Gasteiger partial charge in [0.05, 0.1) is 0 Å². The smallest absolute Gasteiger partial charge is 0.282 e. The van der Waals surface area contributed by atoms with Crippen molar-refractivity contribution in [2.24, 2.45) is 5.41 Å². The summed E-state index contributed by atoms with van der Waals surface area (Å²) < 4.78 is 29.2. The summed E-state index contributed by atoms with van der Waals surface area (Å²) in [6.45, 7) is 6.47. The summed E-state index contributed by atoms with van der Waals surface area (Å²) in [5.74, 6) is 0. The molecule has 21 heavy (non-hydrogen) atoms. The summed E-state index contributed by atoms with van der Waals surface area (Å²) >= 11 is 0. The molecular formula is C14H28N4O2S. The van der Waals surface area contributed by atoms with Gasteiger partial charge in [-0.3, -0.25) is 0 Å². The van der Waals surface area contributed by atoms with Gasteiger partial charge in [0.15, 0.2) is 0 Å². The first-order valence-corrected chi connectivity index (χ1v) is 9.43. The van der Waals surface area contributed by atoms with Gasteiger partial charge in [-0.15, -0.1) is 0 Å². The molecule has 0 aromatic rings. The molecule has 3 fully saturated rings. The summed E-state index contributed by atoms with van der Waals surface area (Å²) in [4.78, 5) is 4.53. The molecule has 3 heterocycles. The fourth-order valence-corrected chi connectivity index (χ4v) is 5.78. The molecule has 0 aromatic carbocycles. The Morgan fingerprint density at radius 1 is 0.762 bits per heavy atom. The molecule has 0 bridgehead atoms. The zero-order valence-corrected chi connectivity index (χ0v) is 14.1. The van der Waals surface area contributed by atoms with E-state index in [9.17, 15) is 8.42 Å². The number of hydrogen-bond acceptors (Lipinski definition) is 4. The number of rotatable bonds is 2. The molecule has 1 spiro atoms. The molecule has 3 rings (SSSR count). The van der Waals surface area contributed by atoms with Gasteiger partial charge >= 0.3 is 0 Å². The van der Waals surface area contributed by atoms with Crippen molar-refractivity contribution in [3.8, 4) is 0 Å². The van der Waals surface area contributed by atoms with Gasteiger partial charge in [-0.25, -0.2) is 0 Å². The van der Waals surface area contributed by atoms with Crippen LogP contribution in [0.15, 0.2) is 0 Å². The first kappa shape index (κ1) is 15.7. The van der Waals surface area contributed by atoms with E-state index < -0.39 is 10.2 Å². The highest BCUT2D eigenvalue weighted by Crippen LogP contribution is 2.39. The molecule has 1 atom stereocenters. The van der Waals surface area contributed by atoms with Crippen LogP contribution < -0.4 is 0 Å². The summed E-state index contributed by atoms with van der Waals surface area (Å²) in [5.41, 5.74) is 0.201. The molecule has 3 saturated heterocycles. The average molecular weight is 316 g/mol. The maximum absolute atomic E-state index is 12.9. The third kappa shape index (κ3) is 3.12. The third-order valence-corrected chi connectivity index (χ3v) is 7.35. The minimum Gasteiger partial charge on any atom is -0.306 e. The number of hydrogen-bond donors (Lipinski definition) is 0. The Bertz CT molecular complexity index is 471. The average Bonchev–Trinajstić information content (AvgIpc) is 2.80. The van der Waals surface area contributed by atoms with Crippen LogP contribution in [0.4, 0.5) is 0 Å². The van der Waals surface area contributed by atoms with E-state index in [0.717, 1.165) is 39.0 Å². The fraction of sp³-hybridized carbons (Fsp3) is 1.00. The van der Waals surface area contributed by atoms with Gasteiger partial charge in [0.2, 0.25) is 0 Å². The van der Waals surface area contributed by atoms with Crippen LogP contribution in [0.1, 0.15) is 19.3 Å². The molecule has 3 aliphatic rings. The lowest BCUT2D eigenvalue weighted by atomic mass is 9.80. The van der Waals surface area contributed by atoms with Crippen LogP contribution in [0, 0.1) is 5.41 Å². The Labute approximate surface area is 128 Å². The Morgan fingerprint density at radius 3 is 2.10 bits per heavy atom. The van der Waals surface area contributed by atoms with Crippen LogP contribution in [-0.2, 0) is 10.2 Å². The van der Waals surface area contributed by atoms with Crippen molar-refractivity contribution in [2.75, 3.05) is 66.5 Å². The van der Waals surface area contributed by atoms with E-state index in [2.05, 4.69) is 16.8 Å². The molecule has 6 nitrogen and oxygen atoms in total. The van der Waals surface area contributed by atoms with E-state index in [0.29, 0.717) is 26.2 Å². The molecule has 0 saturated carbocycles. The van der Waals surface area contributed by atoms with Crippen LogP contribution in [0.3, 0.4) is 0 Å². The molecule has 0 N–H and O–H groups in total. The first-order valence-electron chi connectivity index (χ1n) is 8.04. The fourth-order valence-electron chi connectivity index (χ4n) is 4.03. The lowest BCUT2D eigenvalue weighted by molar-refractivity contribution is 0.140. The van der Waals surface area contributed by atoms with Gasteiger partial charge in [-0.1, -0.05) is 0 Å². The van der Waals surface area contributed by atoms with Crippen molar-refractivity contribution in [3.05, 3.63) is 0 Å². The summed E-state index contributed by atoms with van der Waals surface area (Å²) in [7, 11) is 0.923. The minimum absolute atomic E-state index is 0.201. The normalized spacial score (nSPS) is 34.8. The number of likely N-dealkylation sites (tertiary alicyclic amines) is 1. The maximum Gasteiger partial charge on any atom is 0.282 e. The molecule has 122 valence electrons. The highest BCUT2D eigenvalue weighted by atomic mass is 32.2. The van der Waals surface area contributed by atoms with E-state index in [4.69, 9.17) is 0 Å². The summed E-state index contributed by atoms with van der Waals surface area (Å²) in [6, 6.07) is 0. The number of piperazine rings is 1. The second-order valence-corrected chi connectivity index (χ2v) is 9.06. The summed E-state index contributed by atoms with van der Waals surface area (Å²) in [5, 5.41) is 0. The minimum atomic E-state index is -3.27. The number of likely N-dealkylation sites (N-methyl/N-ethyl adjacent to an activating group) is 1. The second-order valence-electron chi connectivity index (χ2n) is 7.13. The van der Waals surface area contributed by atoms with E-state index >= 15 is 0 Å². The molecule has 0 radical (unpaired) electrons. The Kier molecular flexibility index (Phi) is 4.31. The maximum atomic E-state index is 12.9. The topological polar surface area (TPSA) is 47.1 Å². The van der Waals surface area contributed by atoms with Crippen LogP contribution in [0.5, 0.6) is 0 Å². The molecule has 7 heteroatoms. The number of nitrogens with zero attached hydrogens (tertiary/aromatic N) is 4. The zero-order chi connectivity index (χ0) is 15.1. The van der Waals surface area contributed by atoms with Gasteiger partial charge in [-0.05, 0) is 45.3 Å². The van der Waals surface area contributed by atoms with Gasteiger partial charge in [0.1, 0.15) is 0 Å². The SMILES string of the molecule is CN1CCN(S(=O)(=O)N2CCCC3(CCN(C)C3)C2)CC1. The zero-order valence-electron chi connectivity index (χ0n) is 13.3. The van der Waals surface area contributed by atoms with Crippen molar-refractivity contribution < 1.29 is 8.42 Å².